The number of allylic oxidation sites excluding steroid dienone is 2. The average Bonchev–Trinajstić information content (AvgIpc) is 2.90. The van der Waals surface area contributed by atoms with E-state index in [1.165, 1.54) is 4.90 Å². The second-order valence-electron chi connectivity index (χ2n) is 9.11. The van der Waals surface area contributed by atoms with Crippen LogP contribution >= 0.6 is 0 Å². The van der Waals surface area contributed by atoms with Gasteiger partial charge in [0.1, 0.15) is 0 Å². The van der Waals surface area contributed by atoms with Crippen LogP contribution in [0.1, 0.15) is 46.5 Å². The first-order chi connectivity index (χ1) is 18.3. The summed E-state index contributed by atoms with van der Waals surface area (Å²) in [6.45, 7) is 10.1. The molecule has 0 aromatic heterocycles. The Hall–Kier alpha value is -3.88. The number of carbonyl (C=O) groups is 2. The van der Waals surface area contributed by atoms with Crippen molar-refractivity contribution in [3.8, 4) is 0 Å². The Labute approximate surface area is 225 Å². The molecular formula is C30H31N3O4S. The summed E-state index contributed by atoms with van der Waals surface area (Å²) >= 11 is -1.97. The van der Waals surface area contributed by atoms with Crippen molar-refractivity contribution in [2.75, 3.05) is 22.9 Å². The molecule has 8 heteroatoms. The third-order valence-electron chi connectivity index (χ3n) is 6.66. The molecule has 4 rings (SSSR count). The standard InChI is InChI=1S/C30H31N3O4S/c1-5-32(6-2)24-15-20(3)29(21(4)16-24)31-27-17-28(30(35)26-10-8-7-9-25(26)27)33(19-34)23-13-11-22(12-14-23)18-38(36)37/h7-17,19H,5-6,18H2,1-4H3,(H,36,37)/b31-27+. The molecule has 38 heavy (non-hydrogen) atoms. The minimum atomic E-state index is -1.97. The zero-order chi connectivity index (χ0) is 27.4. The van der Waals surface area contributed by atoms with Crippen molar-refractivity contribution in [1.82, 2.24) is 0 Å². The summed E-state index contributed by atoms with van der Waals surface area (Å²) in [5, 5.41) is 0. The van der Waals surface area contributed by atoms with Crippen LogP contribution in [0.4, 0.5) is 17.1 Å². The van der Waals surface area contributed by atoms with Crippen LogP contribution < -0.4 is 9.80 Å². The third kappa shape index (κ3) is 5.51. The first-order valence-electron chi connectivity index (χ1n) is 12.5. The fraction of sp³-hybridized carbons (Fsp3) is 0.233. The molecule has 0 bridgehead atoms. The van der Waals surface area contributed by atoms with E-state index >= 15 is 0 Å². The molecule has 3 aromatic rings. The van der Waals surface area contributed by atoms with E-state index in [4.69, 9.17) is 9.55 Å². The molecule has 0 aliphatic heterocycles. The van der Waals surface area contributed by atoms with Crippen molar-refractivity contribution >= 4 is 46.0 Å². The summed E-state index contributed by atoms with van der Waals surface area (Å²) in [7, 11) is 0. The first-order valence-corrected chi connectivity index (χ1v) is 13.8. The molecular weight excluding hydrogens is 498 g/mol. The fourth-order valence-corrected chi connectivity index (χ4v) is 5.22. The maximum atomic E-state index is 13.5. The molecule has 1 amide bonds. The highest BCUT2D eigenvalue weighted by Crippen LogP contribution is 2.33. The molecule has 1 aliphatic carbocycles. The highest BCUT2D eigenvalue weighted by atomic mass is 32.2. The van der Waals surface area contributed by atoms with Gasteiger partial charge in [0.05, 0.1) is 22.8 Å². The van der Waals surface area contributed by atoms with Gasteiger partial charge >= 0.3 is 0 Å². The van der Waals surface area contributed by atoms with Crippen molar-refractivity contribution in [2.24, 2.45) is 4.99 Å². The summed E-state index contributed by atoms with van der Waals surface area (Å²) in [6.07, 6.45) is 2.26. The normalized spacial score (nSPS) is 14.6. The molecule has 1 atom stereocenters. The molecule has 0 radical (unpaired) electrons. The van der Waals surface area contributed by atoms with E-state index in [0.29, 0.717) is 34.5 Å². The molecule has 0 saturated carbocycles. The highest BCUT2D eigenvalue weighted by molar-refractivity contribution is 7.78. The molecule has 1 N–H and O–H groups in total. The summed E-state index contributed by atoms with van der Waals surface area (Å²) < 4.78 is 20.3. The molecule has 0 spiro atoms. The van der Waals surface area contributed by atoms with E-state index in [9.17, 15) is 13.8 Å². The zero-order valence-electron chi connectivity index (χ0n) is 22.0. The smallest absolute Gasteiger partial charge is 0.218 e. The van der Waals surface area contributed by atoms with Gasteiger partial charge in [-0.3, -0.25) is 14.5 Å². The monoisotopic (exact) mass is 529 g/mol. The van der Waals surface area contributed by atoms with Gasteiger partial charge in [0.25, 0.3) is 0 Å². The molecule has 0 heterocycles. The van der Waals surface area contributed by atoms with E-state index in [-0.39, 0.29) is 17.2 Å². The molecule has 0 saturated heterocycles. The van der Waals surface area contributed by atoms with Gasteiger partial charge in [0.2, 0.25) is 12.2 Å². The number of carbonyl (C=O) groups excluding carboxylic acids is 2. The summed E-state index contributed by atoms with van der Waals surface area (Å²) in [5.41, 5.74) is 7.10. The Balaban J connectivity index is 1.82. The topological polar surface area (TPSA) is 90.3 Å². The lowest BCUT2D eigenvalue weighted by atomic mass is 9.91. The Bertz CT molecular complexity index is 1430. The third-order valence-corrected chi connectivity index (χ3v) is 7.24. The lowest BCUT2D eigenvalue weighted by molar-refractivity contribution is -0.107. The van der Waals surface area contributed by atoms with Crippen molar-refractivity contribution in [3.05, 3.63) is 100 Å². The zero-order valence-corrected chi connectivity index (χ0v) is 22.8. The Morgan fingerprint density at radius 1 is 0.921 bits per heavy atom. The summed E-state index contributed by atoms with van der Waals surface area (Å²) in [6, 6.07) is 18.2. The van der Waals surface area contributed by atoms with Crippen molar-refractivity contribution in [2.45, 2.75) is 33.4 Å². The molecule has 0 fully saturated rings. The van der Waals surface area contributed by atoms with Crippen LogP contribution in [-0.4, -0.2) is 39.8 Å². The highest BCUT2D eigenvalue weighted by Gasteiger charge is 2.29. The SMILES string of the molecule is CCN(CC)c1cc(C)c(/N=C2\C=C(N(C=O)c3ccc(CS(=O)O)cc3)C(=O)c3ccccc32)c(C)c1. The van der Waals surface area contributed by atoms with Gasteiger partial charge in [-0.05, 0) is 74.7 Å². The van der Waals surface area contributed by atoms with Crippen LogP contribution in [0.2, 0.25) is 0 Å². The maximum Gasteiger partial charge on any atom is 0.218 e. The number of fused-ring (bicyclic) bond motifs is 1. The van der Waals surface area contributed by atoms with E-state index in [0.717, 1.165) is 35.6 Å². The number of hydrogen-bond acceptors (Lipinski definition) is 5. The number of Topliss-reactive ketones (excluding diaryl/α,β-unsaturated/α-hetero) is 1. The lowest BCUT2D eigenvalue weighted by Crippen LogP contribution is -2.30. The lowest BCUT2D eigenvalue weighted by Gasteiger charge is -2.25. The number of hydrogen-bond donors (Lipinski definition) is 1. The van der Waals surface area contributed by atoms with Gasteiger partial charge in [-0.1, -0.05) is 36.4 Å². The predicted octanol–water partition coefficient (Wildman–Crippen LogP) is 5.74. The van der Waals surface area contributed by atoms with Crippen LogP contribution in [0, 0.1) is 13.8 Å². The van der Waals surface area contributed by atoms with Crippen LogP contribution in [0.15, 0.2) is 77.4 Å². The predicted molar refractivity (Wildman–Crippen MR) is 154 cm³/mol. The number of nitrogens with zero attached hydrogens (tertiary/aromatic N) is 3. The number of anilines is 2. The van der Waals surface area contributed by atoms with Gasteiger partial charge in [0.15, 0.2) is 11.1 Å². The van der Waals surface area contributed by atoms with Gasteiger partial charge in [-0.25, -0.2) is 9.20 Å². The number of ketones is 1. The minimum absolute atomic E-state index is 0.0149. The van der Waals surface area contributed by atoms with Crippen molar-refractivity contribution < 1.29 is 18.4 Å². The van der Waals surface area contributed by atoms with E-state index in [1.807, 2.05) is 26.0 Å². The first kappa shape index (κ1) is 27.2. The number of rotatable bonds is 9. The Morgan fingerprint density at radius 3 is 2.08 bits per heavy atom. The van der Waals surface area contributed by atoms with Crippen LogP contribution in [0.3, 0.4) is 0 Å². The Morgan fingerprint density at radius 2 is 1.53 bits per heavy atom. The van der Waals surface area contributed by atoms with Crippen LogP contribution in [0.5, 0.6) is 0 Å². The second kappa shape index (κ2) is 11.7. The molecule has 7 nitrogen and oxygen atoms in total. The van der Waals surface area contributed by atoms with Gasteiger partial charge in [0, 0.05) is 35.6 Å². The summed E-state index contributed by atoms with van der Waals surface area (Å²) in [5.74, 6) is -0.295. The second-order valence-corrected chi connectivity index (χ2v) is 10.0. The Kier molecular flexibility index (Phi) is 8.34. The number of amides is 1. The fourth-order valence-electron chi connectivity index (χ4n) is 4.74. The van der Waals surface area contributed by atoms with Crippen LogP contribution in [0.25, 0.3) is 0 Å². The number of aliphatic imine (C=N–C) groups is 1. The summed E-state index contributed by atoms with van der Waals surface area (Å²) in [4.78, 5) is 34.4. The molecule has 196 valence electrons. The minimum Gasteiger partial charge on any atom is -0.372 e. The van der Waals surface area contributed by atoms with E-state index < -0.39 is 11.1 Å². The van der Waals surface area contributed by atoms with Crippen molar-refractivity contribution in [3.63, 3.8) is 0 Å². The molecule has 1 unspecified atom stereocenters. The number of benzene rings is 3. The van der Waals surface area contributed by atoms with Gasteiger partial charge in [-0.2, -0.15) is 0 Å². The number of aryl methyl sites for hydroxylation is 2. The van der Waals surface area contributed by atoms with Gasteiger partial charge < -0.3 is 9.45 Å². The van der Waals surface area contributed by atoms with Crippen molar-refractivity contribution in [1.29, 1.82) is 0 Å². The molecule has 3 aromatic carbocycles. The maximum absolute atomic E-state index is 13.5. The quantitative estimate of drug-likeness (QED) is 0.282. The van der Waals surface area contributed by atoms with E-state index in [2.05, 4.69) is 30.9 Å². The average molecular weight is 530 g/mol. The molecule has 1 aliphatic rings. The van der Waals surface area contributed by atoms with Gasteiger partial charge in [-0.15, -0.1) is 0 Å². The largest absolute Gasteiger partial charge is 0.372 e. The van der Waals surface area contributed by atoms with E-state index in [1.54, 1.807) is 42.5 Å². The van der Waals surface area contributed by atoms with Crippen LogP contribution in [-0.2, 0) is 21.6 Å².